The lowest BCUT2D eigenvalue weighted by Crippen LogP contribution is -2.13. The summed E-state index contributed by atoms with van der Waals surface area (Å²) in [5.74, 6) is 1.80. The van der Waals surface area contributed by atoms with E-state index in [4.69, 9.17) is 16.3 Å². The number of aliphatic hydroxyl groups excluding tert-OH is 1. The van der Waals surface area contributed by atoms with Crippen molar-refractivity contribution in [3.63, 3.8) is 0 Å². The molecular formula is C17H27ClO2. The van der Waals surface area contributed by atoms with Crippen LogP contribution >= 0.6 is 11.6 Å². The van der Waals surface area contributed by atoms with Crippen molar-refractivity contribution >= 4 is 11.6 Å². The molecule has 1 atom stereocenters. The van der Waals surface area contributed by atoms with E-state index >= 15 is 0 Å². The van der Waals surface area contributed by atoms with Gasteiger partial charge in [-0.1, -0.05) is 38.8 Å². The summed E-state index contributed by atoms with van der Waals surface area (Å²) in [6.45, 7) is 5.22. The smallest absolute Gasteiger partial charge is 0.119 e. The molecule has 0 heterocycles. The number of rotatable bonds is 10. The van der Waals surface area contributed by atoms with Crippen LogP contribution in [0, 0.1) is 5.92 Å². The monoisotopic (exact) mass is 298 g/mol. The van der Waals surface area contributed by atoms with Gasteiger partial charge in [-0.2, -0.15) is 0 Å². The van der Waals surface area contributed by atoms with Crippen molar-refractivity contribution in [3.8, 4) is 5.75 Å². The van der Waals surface area contributed by atoms with Gasteiger partial charge in [0.1, 0.15) is 5.75 Å². The summed E-state index contributed by atoms with van der Waals surface area (Å²) in [5, 5.41) is 9.59. The summed E-state index contributed by atoms with van der Waals surface area (Å²) >= 11 is 5.63. The van der Waals surface area contributed by atoms with Gasteiger partial charge in [-0.3, -0.25) is 0 Å². The van der Waals surface area contributed by atoms with Crippen LogP contribution in [-0.4, -0.2) is 23.7 Å². The second-order valence-corrected chi connectivity index (χ2v) is 5.72. The van der Waals surface area contributed by atoms with Crippen LogP contribution in [0.1, 0.15) is 45.1 Å². The fraction of sp³-hybridized carbons (Fsp3) is 0.647. The van der Waals surface area contributed by atoms with Crippen molar-refractivity contribution in [3.05, 3.63) is 29.8 Å². The van der Waals surface area contributed by atoms with Gasteiger partial charge in [-0.05, 0) is 42.9 Å². The van der Waals surface area contributed by atoms with Crippen LogP contribution in [0.5, 0.6) is 5.75 Å². The van der Waals surface area contributed by atoms with Gasteiger partial charge in [0, 0.05) is 5.88 Å². The fourth-order valence-corrected chi connectivity index (χ4v) is 2.54. The summed E-state index contributed by atoms with van der Waals surface area (Å²) < 4.78 is 5.91. The Hall–Kier alpha value is -0.730. The molecule has 3 heteroatoms. The summed E-state index contributed by atoms with van der Waals surface area (Å²) in [7, 11) is 0. The highest BCUT2D eigenvalue weighted by Gasteiger charge is 2.09. The van der Waals surface area contributed by atoms with Crippen LogP contribution in [-0.2, 0) is 6.42 Å². The molecule has 0 amide bonds. The van der Waals surface area contributed by atoms with Gasteiger partial charge >= 0.3 is 0 Å². The van der Waals surface area contributed by atoms with E-state index in [1.165, 1.54) is 25.7 Å². The average molecular weight is 299 g/mol. The molecule has 0 radical (unpaired) electrons. The van der Waals surface area contributed by atoms with Crippen molar-refractivity contribution in [1.29, 1.82) is 0 Å². The summed E-state index contributed by atoms with van der Waals surface area (Å²) in [4.78, 5) is 0. The third kappa shape index (κ3) is 6.62. The molecule has 0 saturated carbocycles. The highest BCUT2D eigenvalue weighted by molar-refractivity contribution is 6.18. The predicted molar refractivity (Wildman–Crippen MR) is 85.7 cm³/mol. The van der Waals surface area contributed by atoms with Gasteiger partial charge < -0.3 is 9.84 Å². The molecule has 0 fully saturated rings. The van der Waals surface area contributed by atoms with Crippen molar-refractivity contribution in [2.45, 2.75) is 52.1 Å². The Morgan fingerprint density at radius 1 is 1.20 bits per heavy atom. The Bertz CT molecular complexity index is 362. The van der Waals surface area contributed by atoms with Crippen molar-refractivity contribution in [1.82, 2.24) is 0 Å². The molecule has 0 aromatic heterocycles. The minimum Gasteiger partial charge on any atom is -0.493 e. The van der Waals surface area contributed by atoms with Crippen LogP contribution in [0.3, 0.4) is 0 Å². The first-order valence-electron chi connectivity index (χ1n) is 7.65. The van der Waals surface area contributed by atoms with Crippen LogP contribution in [0.25, 0.3) is 0 Å². The molecule has 0 aliphatic heterocycles. The Morgan fingerprint density at radius 2 is 1.90 bits per heavy atom. The van der Waals surface area contributed by atoms with E-state index in [9.17, 15) is 5.11 Å². The van der Waals surface area contributed by atoms with Crippen LogP contribution in [0.2, 0.25) is 0 Å². The lowest BCUT2D eigenvalue weighted by Gasteiger charge is -2.17. The first kappa shape index (κ1) is 17.3. The Kier molecular flexibility index (Phi) is 8.72. The van der Waals surface area contributed by atoms with Crippen LogP contribution in [0.4, 0.5) is 0 Å². The van der Waals surface area contributed by atoms with E-state index in [1.54, 1.807) is 0 Å². The van der Waals surface area contributed by atoms with Gasteiger partial charge in [-0.15, -0.1) is 11.6 Å². The zero-order valence-electron chi connectivity index (χ0n) is 12.6. The molecule has 0 aliphatic carbocycles. The minimum atomic E-state index is -0.486. The topological polar surface area (TPSA) is 29.5 Å². The van der Waals surface area contributed by atoms with Crippen LogP contribution < -0.4 is 4.74 Å². The van der Waals surface area contributed by atoms with E-state index in [1.807, 2.05) is 24.3 Å². The minimum absolute atomic E-state index is 0.264. The lowest BCUT2D eigenvalue weighted by molar-refractivity contribution is 0.198. The molecule has 114 valence electrons. The Labute approximate surface area is 128 Å². The van der Waals surface area contributed by atoms with Gasteiger partial charge in [0.2, 0.25) is 0 Å². The van der Waals surface area contributed by atoms with Gasteiger partial charge in [0.15, 0.2) is 0 Å². The maximum absolute atomic E-state index is 9.59. The second kappa shape index (κ2) is 10.1. The van der Waals surface area contributed by atoms with Crippen molar-refractivity contribution in [2.75, 3.05) is 12.5 Å². The SMILES string of the molecule is CCCC(CCC)COc1cccc(CC(O)CCl)c1. The number of halogens is 1. The quantitative estimate of drug-likeness (QED) is 0.648. The largest absolute Gasteiger partial charge is 0.493 e. The summed E-state index contributed by atoms with van der Waals surface area (Å²) in [5.41, 5.74) is 1.07. The number of aliphatic hydroxyl groups is 1. The van der Waals surface area contributed by atoms with E-state index in [0.29, 0.717) is 12.3 Å². The number of alkyl halides is 1. The maximum Gasteiger partial charge on any atom is 0.119 e. The molecule has 1 unspecified atom stereocenters. The van der Waals surface area contributed by atoms with Crippen LogP contribution in [0.15, 0.2) is 24.3 Å². The number of hydrogen-bond acceptors (Lipinski definition) is 2. The van der Waals surface area contributed by atoms with E-state index in [2.05, 4.69) is 13.8 Å². The zero-order chi connectivity index (χ0) is 14.8. The molecule has 1 N–H and O–H groups in total. The van der Waals surface area contributed by atoms with Crippen molar-refractivity contribution < 1.29 is 9.84 Å². The molecule has 1 aromatic carbocycles. The van der Waals surface area contributed by atoms with E-state index < -0.39 is 6.10 Å². The highest BCUT2D eigenvalue weighted by Crippen LogP contribution is 2.19. The number of ether oxygens (including phenoxy) is 1. The molecule has 20 heavy (non-hydrogen) atoms. The first-order chi connectivity index (χ1) is 9.69. The third-order valence-corrected chi connectivity index (χ3v) is 3.78. The standard InChI is InChI=1S/C17H27ClO2/c1-3-6-14(7-4-2)13-20-17-9-5-8-15(11-17)10-16(19)12-18/h5,8-9,11,14,16,19H,3-4,6-7,10,12-13H2,1-2H3. The average Bonchev–Trinajstić information content (AvgIpc) is 2.45. The Balaban J connectivity index is 2.52. The maximum atomic E-state index is 9.59. The van der Waals surface area contributed by atoms with E-state index in [-0.39, 0.29) is 5.88 Å². The number of hydrogen-bond donors (Lipinski definition) is 1. The van der Waals surface area contributed by atoms with Gasteiger partial charge in [0.05, 0.1) is 12.7 Å². The first-order valence-corrected chi connectivity index (χ1v) is 8.18. The Morgan fingerprint density at radius 3 is 2.50 bits per heavy atom. The molecule has 1 rings (SSSR count). The molecule has 0 saturated heterocycles. The number of benzene rings is 1. The molecule has 0 spiro atoms. The molecule has 0 bridgehead atoms. The lowest BCUT2D eigenvalue weighted by atomic mass is 9.99. The fourth-order valence-electron chi connectivity index (χ4n) is 2.43. The normalized spacial score (nSPS) is 12.7. The molecular weight excluding hydrogens is 272 g/mol. The van der Waals surface area contributed by atoms with E-state index in [0.717, 1.165) is 17.9 Å². The predicted octanol–water partition coefficient (Wildman–Crippen LogP) is 4.42. The second-order valence-electron chi connectivity index (χ2n) is 5.41. The molecule has 1 aromatic rings. The van der Waals surface area contributed by atoms with Crippen molar-refractivity contribution in [2.24, 2.45) is 5.92 Å². The summed E-state index contributed by atoms with van der Waals surface area (Å²) in [6, 6.07) is 7.95. The molecule has 0 aliphatic rings. The van der Waals surface area contributed by atoms with Gasteiger partial charge in [-0.25, -0.2) is 0 Å². The van der Waals surface area contributed by atoms with Gasteiger partial charge in [0.25, 0.3) is 0 Å². The summed E-state index contributed by atoms with van der Waals surface area (Å²) in [6.07, 6.45) is 4.94. The zero-order valence-corrected chi connectivity index (χ0v) is 13.4. The highest BCUT2D eigenvalue weighted by atomic mass is 35.5. The third-order valence-electron chi connectivity index (χ3n) is 3.43. The molecule has 2 nitrogen and oxygen atoms in total.